The summed E-state index contributed by atoms with van der Waals surface area (Å²) in [7, 11) is 0. The molecule has 1 aromatic carbocycles. The summed E-state index contributed by atoms with van der Waals surface area (Å²) in [5.74, 6) is 0.500. The van der Waals surface area contributed by atoms with E-state index in [0.717, 1.165) is 12.8 Å². The van der Waals surface area contributed by atoms with Gasteiger partial charge in [0.15, 0.2) is 0 Å². The SMILES string of the molecule is CCC(CC)CNc1ccc(C#N)cc1[N+](=O)[O-]. The maximum absolute atomic E-state index is 10.9. The van der Waals surface area contributed by atoms with Gasteiger partial charge in [0.25, 0.3) is 5.69 Å². The summed E-state index contributed by atoms with van der Waals surface area (Å²) >= 11 is 0. The number of nitrogens with one attached hydrogen (secondary N) is 1. The van der Waals surface area contributed by atoms with Gasteiger partial charge < -0.3 is 5.32 Å². The Balaban J connectivity index is 2.88. The number of nitriles is 1. The van der Waals surface area contributed by atoms with Gasteiger partial charge in [0.05, 0.1) is 16.6 Å². The average Bonchev–Trinajstić information content (AvgIpc) is 2.39. The summed E-state index contributed by atoms with van der Waals surface area (Å²) in [4.78, 5) is 10.5. The first kappa shape index (κ1) is 14.0. The summed E-state index contributed by atoms with van der Waals surface area (Å²) in [6.07, 6.45) is 2.07. The van der Waals surface area contributed by atoms with Gasteiger partial charge in [0, 0.05) is 12.6 Å². The third kappa shape index (κ3) is 3.45. The molecule has 0 heterocycles. The Labute approximate surface area is 107 Å². The van der Waals surface area contributed by atoms with E-state index in [2.05, 4.69) is 19.2 Å². The highest BCUT2D eigenvalue weighted by atomic mass is 16.6. The fourth-order valence-electron chi connectivity index (χ4n) is 1.73. The second-order valence-corrected chi connectivity index (χ2v) is 4.16. The Hall–Kier alpha value is -2.09. The first-order valence-electron chi connectivity index (χ1n) is 6.04. The van der Waals surface area contributed by atoms with Crippen LogP contribution >= 0.6 is 0 Å². The normalized spacial score (nSPS) is 10.1. The van der Waals surface area contributed by atoms with E-state index in [4.69, 9.17) is 5.26 Å². The molecule has 0 atom stereocenters. The average molecular weight is 247 g/mol. The second kappa shape index (κ2) is 6.60. The van der Waals surface area contributed by atoms with Crippen LogP contribution in [0.4, 0.5) is 11.4 Å². The number of nitrogens with zero attached hydrogens (tertiary/aromatic N) is 2. The molecule has 0 saturated carbocycles. The van der Waals surface area contributed by atoms with E-state index in [9.17, 15) is 10.1 Å². The number of hydrogen-bond acceptors (Lipinski definition) is 4. The summed E-state index contributed by atoms with van der Waals surface area (Å²) in [6.45, 7) is 4.91. The zero-order chi connectivity index (χ0) is 13.5. The number of anilines is 1. The number of benzene rings is 1. The molecule has 0 aliphatic carbocycles. The minimum absolute atomic E-state index is 0.0417. The molecule has 0 radical (unpaired) electrons. The second-order valence-electron chi connectivity index (χ2n) is 4.16. The predicted octanol–water partition coefficient (Wildman–Crippen LogP) is 3.31. The minimum atomic E-state index is -0.462. The molecule has 5 nitrogen and oxygen atoms in total. The molecule has 0 aromatic heterocycles. The monoisotopic (exact) mass is 247 g/mol. The lowest BCUT2D eigenvalue weighted by Gasteiger charge is -2.14. The van der Waals surface area contributed by atoms with Gasteiger partial charge in [0.1, 0.15) is 5.69 Å². The molecule has 1 aromatic rings. The van der Waals surface area contributed by atoms with Gasteiger partial charge in [-0.1, -0.05) is 26.7 Å². The van der Waals surface area contributed by atoms with Crippen molar-refractivity contribution in [2.45, 2.75) is 26.7 Å². The van der Waals surface area contributed by atoms with Crippen molar-refractivity contribution in [3.63, 3.8) is 0 Å². The first-order valence-corrected chi connectivity index (χ1v) is 6.04. The molecule has 1 N–H and O–H groups in total. The van der Waals surface area contributed by atoms with Crippen molar-refractivity contribution in [2.75, 3.05) is 11.9 Å². The molecule has 0 saturated heterocycles. The third-order valence-electron chi connectivity index (χ3n) is 3.06. The predicted molar refractivity (Wildman–Crippen MR) is 70.4 cm³/mol. The fraction of sp³-hybridized carbons (Fsp3) is 0.462. The van der Waals surface area contributed by atoms with Gasteiger partial charge in [-0.25, -0.2) is 0 Å². The first-order chi connectivity index (χ1) is 8.62. The molecular weight excluding hydrogens is 230 g/mol. The lowest BCUT2D eigenvalue weighted by atomic mass is 10.0. The van der Waals surface area contributed by atoms with Gasteiger partial charge in [-0.2, -0.15) is 5.26 Å². The van der Waals surface area contributed by atoms with Crippen molar-refractivity contribution in [1.29, 1.82) is 5.26 Å². The van der Waals surface area contributed by atoms with Crippen molar-refractivity contribution >= 4 is 11.4 Å². The molecule has 0 aliphatic rings. The molecule has 5 heteroatoms. The molecule has 96 valence electrons. The number of nitro benzene ring substituents is 1. The van der Waals surface area contributed by atoms with Gasteiger partial charge in [-0.05, 0) is 18.1 Å². The Bertz CT molecular complexity index is 462. The van der Waals surface area contributed by atoms with Crippen LogP contribution in [-0.4, -0.2) is 11.5 Å². The molecule has 1 rings (SSSR count). The van der Waals surface area contributed by atoms with E-state index < -0.39 is 4.92 Å². The summed E-state index contributed by atoms with van der Waals surface area (Å²) < 4.78 is 0. The van der Waals surface area contributed by atoms with Crippen LogP contribution in [0.25, 0.3) is 0 Å². The zero-order valence-electron chi connectivity index (χ0n) is 10.6. The summed E-state index contributed by atoms with van der Waals surface area (Å²) in [6, 6.07) is 6.39. The largest absolute Gasteiger partial charge is 0.379 e. The van der Waals surface area contributed by atoms with Crippen molar-refractivity contribution in [1.82, 2.24) is 0 Å². The Morgan fingerprint density at radius 3 is 2.61 bits per heavy atom. The molecule has 0 aliphatic heterocycles. The van der Waals surface area contributed by atoms with Gasteiger partial charge in [-0.15, -0.1) is 0 Å². The third-order valence-corrected chi connectivity index (χ3v) is 3.06. The van der Waals surface area contributed by atoms with Gasteiger partial charge in [-0.3, -0.25) is 10.1 Å². The Kier molecular flexibility index (Phi) is 5.12. The van der Waals surface area contributed by atoms with Crippen LogP contribution in [0.1, 0.15) is 32.3 Å². The Morgan fingerprint density at radius 1 is 1.44 bits per heavy atom. The van der Waals surface area contributed by atoms with Crippen LogP contribution < -0.4 is 5.32 Å². The highest BCUT2D eigenvalue weighted by Gasteiger charge is 2.15. The van der Waals surface area contributed by atoms with E-state index >= 15 is 0 Å². The van der Waals surface area contributed by atoms with Crippen molar-refractivity contribution < 1.29 is 4.92 Å². The van der Waals surface area contributed by atoms with Crippen LogP contribution in [0.2, 0.25) is 0 Å². The van der Waals surface area contributed by atoms with Gasteiger partial charge in [0.2, 0.25) is 0 Å². The van der Waals surface area contributed by atoms with Crippen molar-refractivity contribution in [2.24, 2.45) is 5.92 Å². The highest BCUT2D eigenvalue weighted by molar-refractivity contribution is 5.64. The van der Waals surface area contributed by atoms with Crippen LogP contribution in [-0.2, 0) is 0 Å². The van der Waals surface area contributed by atoms with Crippen molar-refractivity contribution in [3.8, 4) is 6.07 Å². The molecule has 0 unspecified atom stereocenters. The topological polar surface area (TPSA) is 79.0 Å². The lowest BCUT2D eigenvalue weighted by Crippen LogP contribution is -2.13. The van der Waals surface area contributed by atoms with Crippen molar-refractivity contribution in [3.05, 3.63) is 33.9 Å². The Morgan fingerprint density at radius 2 is 2.11 bits per heavy atom. The van der Waals surface area contributed by atoms with E-state index in [0.29, 0.717) is 23.7 Å². The quantitative estimate of drug-likeness (QED) is 0.617. The van der Waals surface area contributed by atoms with E-state index in [-0.39, 0.29) is 5.69 Å². The van der Waals surface area contributed by atoms with E-state index in [1.165, 1.54) is 6.07 Å². The standard InChI is InChI=1S/C13H17N3O2/c1-3-10(4-2)9-15-12-6-5-11(8-14)7-13(12)16(17)18/h5-7,10,15H,3-4,9H2,1-2H3. The maximum atomic E-state index is 10.9. The fourth-order valence-corrected chi connectivity index (χ4v) is 1.73. The lowest BCUT2D eigenvalue weighted by molar-refractivity contribution is -0.384. The molecule has 0 amide bonds. The summed E-state index contributed by atoms with van der Waals surface area (Å²) in [5, 5.41) is 22.8. The number of hydrogen-bond donors (Lipinski definition) is 1. The molecule has 18 heavy (non-hydrogen) atoms. The number of rotatable bonds is 6. The smallest absolute Gasteiger partial charge is 0.293 e. The van der Waals surface area contributed by atoms with Crippen LogP contribution in [0.15, 0.2) is 18.2 Å². The summed E-state index contributed by atoms with van der Waals surface area (Å²) in [5.41, 5.74) is 0.737. The molecule has 0 bridgehead atoms. The molecule has 0 spiro atoms. The van der Waals surface area contributed by atoms with Crippen LogP contribution in [0, 0.1) is 27.4 Å². The van der Waals surface area contributed by atoms with Gasteiger partial charge >= 0.3 is 0 Å². The molecular formula is C13H17N3O2. The zero-order valence-corrected chi connectivity index (χ0v) is 10.6. The van der Waals surface area contributed by atoms with E-state index in [1.54, 1.807) is 12.1 Å². The maximum Gasteiger partial charge on any atom is 0.293 e. The van der Waals surface area contributed by atoms with E-state index in [1.807, 2.05) is 6.07 Å². The minimum Gasteiger partial charge on any atom is -0.379 e. The van der Waals surface area contributed by atoms with Crippen LogP contribution in [0.3, 0.4) is 0 Å². The highest BCUT2D eigenvalue weighted by Crippen LogP contribution is 2.25. The van der Waals surface area contributed by atoms with Crippen LogP contribution in [0.5, 0.6) is 0 Å². The number of nitro groups is 1. The molecule has 0 fully saturated rings.